The third kappa shape index (κ3) is 4.20. The molecular weight excluding hydrogens is 246 g/mol. The van der Waals surface area contributed by atoms with Crippen molar-refractivity contribution in [3.63, 3.8) is 0 Å². The molecule has 1 fully saturated rings. The summed E-state index contributed by atoms with van der Waals surface area (Å²) in [5.74, 6) is 1.17. The van der Waals surface area contributed by atoms with Crippen LogP contribution in [0, 0.1) is 0 Å². The maximum absolute atomic E-state index is 4.63. The van der Waals surface area contributed by atoms with Crippen LogP contribution < -0.4 is 10.2 Å². The molecule has 1 N–H and O–H groups in total. The lowest BCUT2D eigenvalue weighted by Crippen LogP contribution is -2.35. The van der Waals surface area contributed by atoms with Gasteiger partial charge >= 0.3 is 0 Å². The molecule has 0 amide bonds. The molecule has 1 aliphatic heterocycles. The molecule has 1 atom stereocenters. The van der Waals surface area contributed by atoms with Gasteiger partial charge in [0.05, 0.1) is 0 Å². The Bertz CT molecular complexity index is 403. The Morgan fingerprint density at radius 1 is 1.35 bits per heavy atom. The molecule has 1 aromatic heterocycles. The van der Waals surface area contributed by atoms with Gasteiger partial charge in [0.2, 0.25) is 0 Å². The van der Waals surface area contributed by atoms with Crippen molar-refractivity contribution in [2.75, 3.05) is 11.4 Å². The van der Waals surface area contributed by atoms with Crippen LogP contribution in [0.1, 0.15) is 58.4 Å². The third-order valence-electron chi connectivity index (χ3n) is 4.17. The summed E-state index contributed by atoms with van der Waals surface area (Å²) < 4.78 is 0. The number of hydrogen-bond donors (Lipinski definition) is 1. The smallest absolute Gasteiger partial charge is 0.129 e. The number of pyridine rings is 1. The molecule has 112 valence electrons. The average Bonchev–Trinajstić information content (AvgIpc) is 2.70. The van der Waals surface area contributed by atoms with Crippen molar-refractivity contribution in [3.05, 3.63) is 23.9 Å². The van der Waals surface area contributed by atoms with Crippen LogP contribution >= 0.6 is 0 Å². The minimum absolute atomic E-state index is 0.521. The van der Waals surface area contributed by atoms with E-state index in [2.05, 4.69) is 48.1 Å². The molecule has 1 unspecified atom stereocenters. The zero-order valence-corrected chi connectivity index (χ0v) is 13.2. The minimum Gasteiger partial charge on any atom is -0.354 e. The summed E-state index contributed by atoms with van der Waals surface area (Å²) in [7, 11) is 0. The van der Waals surface area contributed by atoms with E-state index in [1.807, 2.05) is 6.20 Å². The van der Waals surface area contributed by atoms with Gasteiger partial charge < -0.3 is 10.2 Å². The molecule has 1 aromatic rings. The first kappa shape index (κ1) is 15.3. The number of nitrogens with zero attached hydrogens (tertiary/aromatic N) is 2. The highest BCUT2D eigenvalue weighted by Gasteiger charge is 2.20. The van der Waals surface area contributed by atoms with Crippen LogP contribution in [0.5, 0.6) is 0 Å². The van der Waals surface area contributed by atoms with Crippen LogP contribution in [0.3, 0.4) is 0 Å². The van der Waals surface area contributed by atoms with Gasteiger partial charge in [-0.05, 0) is 37.0 Å². The van der Waals surface area contributed by atoms with E-state index in [4.69, 9.17) is 0 Å². The summed E-state index contributed by atoms with van der Waals surface area (Å²) in [5, 5.41) is 3.48. The minimum atomic E-state index is 0.521. The van der Waals surface area contributed by atoms with Crippen LogP contribution in [-0.4, -0.2) is 23.6 Å². The first-order valence-corrected chi connectivity index (χ1v) is 8.15. The standard InChI is InChI=1S/C17H29N3/c1-4-16-8-6-5-7-11-20(16)17-12-15(9-10-18-17)13-19-14(2)3/h9-10,12,14,16,19H,4-8,11,13H2,1-3H3. The van der Waals surface area contributed by atoms with Crippen molar-refractivity contribution in [1.29, 1.82) is 0 Å². The van der Waals surface area contributed by atoms with Gasteiger partial charge in [0.25, 0.3) is 0 Å². The zero-order chi connectivity index (χ0) is 14.4. The molecular formula is C17H29N3. The molecule has 2 heterocycles. The molecule has 2 rings (SSSR count). The van der Waals surface area contributed by atoms with Crippen molar-refractivity contribution >= 4 is 5.82 Å². The summed E-state index contributed by atoms with van der Waals surface area (Å²) in [5.41, 5.74) is 1.34. The number of anilines is 1. The number of rotatable bonds is 5. The fraction of sp³-hybridized carbons (Fsp3) is 0.706. The Morgan fingerprint density at radius 3 is 2.95 bits per heavy atom. The highest BCUT2D eigenvalue weighted by molar-refractivity contribution is 5.42. The van der Waals surface area contributed by atoms with Gasteiger partial charge in [0, 0.05) is 31.4 Å². The lowest BCUT2D eigenvalue weighted by molar-refractivity contribution is 0.551. The summed E-state index contributed by atoms with van der Waals surface area (Å²) in [4.78, 5) is 7.16. The van der Waals surface area contributed by atoms with Crippen LogP contribution in [0.15, 0.2) is 18.3 Å². The molecule has 3 nitrogen and oxygen atoms in total. The summed E-state index contributed by atoms with van der Waals surface area (Å²) in [6.45, 7) is 8.76. The Morgan fingerprint density at radius 2 is 2.20 bits per heavy atom. The van der Waals surface area contributed by atoms with E-state index in [0.717, 1.165) is 13.1 Å². The quantitative estimate of drug-likeness (QED) is 0.887. The van der Waals surface area contributed by atoms with Gasteiger partial charge in [-0.25, -0.2) is 4.98 Å². The Balaban J connectivity index is 2.11. The van der Waals surface area contributed by atoms with Crippen molar-refractivity contribution in [2.24, 2.45) is 0 Å². The lowest BCUT2D eigenvalue weighted by Gasteiger charge is -2.30. The first-order chi connectivity index (χ1) is 9.70. The normalized spacial score (nSPS) is 20.2. The molecule has 1 saturated heterocycles. The van der Waals surface area contributed by atoms with E-state index in [1.54, 1.807) is 0 Å². The van der Waals surface area contributed by atoms with E-state index >= 15 is 0 Å². The zero-order valence-electron chi connectivity index (χ0n) is 13.2. The second-order valence-corrected chi connectivity index (χ2v) is 6.16. The predicted octanol–water partition coefficient (Wildman–Crippen LogP) is 3.74. The fourth-order valence-electron chi connectivity index (χ4n) is 2.95. The molecule has 3 heteroatoms. The maximum atomic E-state index is 4.63. The van der Waals surface area contributed by atoms with Crippen LogP contribution in [-0.2, 0) is 6.54 Å². The lowest BCUT2D eigenvalue weighted by atomic mass is 10.1. The van der Waals surface area contributed by atoms with Gasteiger partial charge in [0.15, 0.2) is 0 Å². The molecule has 0 saturated carbocycles. The van der Waals surface area contributed by atoms with Gasteiger partial charge in [-0.2, -0.15) is 0 Å². The summed E-state index contributed by atoms with van der Waals surface area (Å²) >= 11 is 0. The molecule has 0 aliphatic carbocycles. The van der Waals surface area contributed by atoms with Crippen molar-refractivity contribution in [3.8, 4) is 0 Å². The predicted molar refractivity (Wildman–Crippen MR) is 86.1 cm³/mol. The molecule has 20 heavy (non-hydrogen) atoms. The SMILES string of the molecule is CCC1CCCCCN1c1cc(CNC(C)C)ccn1. The van der Waals surface area contributed by atoms with E-state index in [9.17, 15) is 0 Å². The maximum Gasteiger partial charge on any atom is 0.129 e. The summed E-state index contributed by atoms with van der Waals surface area (Å²) in [6.07, 6.45) is 8.52. The van der Waals surface area contributed by atoms with Crippen molar-refractivity contribution in [1.82, 2.24) is 10.3 Å². The Labute approximate surface area is 123 Å². The van der Waals surface area contributed by atoms with Crippen molar-refractivity contribution < 1.29 is 0 Å². The molecule has 1 aliphatic rings. The van der Waals surface area contributed by atoms with E-state index < -0.39 is 0 Å². The number of aromatic nitrogens is 1. The van der Waals surface area contributed by atoms with Crippen molar-refractivity contribution in [2.45, 2.75) is 71.5 Å². The second kappa shape index (κ2) is 7.63. The number of nitrogens with one attached hydrogen (secondary N) is 1. The highest BCUT2D eigenvalue weighted by atomic mass is 15.2. The largest absolute Gasteiger partial charge is 0.354 e. The molecule has 0 radical (unpaired) electrons. The van der Waals surface area contributed by atoms with Gasteiger partial charge in [-0.3, -0.25) is 0 Å². The third-order valence-corrected chi connectivity index (χ3v) is 4.17. The van der Waals surface area contributed by atoms with E-state index in [0.29, 0.717) is 12.1 Å². The van der Waals surface area contributed by atoms with Gasteiger partial charge in [-0.15, -0.1) is 0 Å². The van der Waals surface area contributed by atoms with Gasteiger partial charge in [0.1, 0.15) is 5.82 Å². The van der Waals surface area contributed by atoms with E-state index in [-0.39, 0.29) is 0 Å². The monoisotopic (exact) mass is 275 g/mol. The Hall–Kier alpha value is -1.09. The van der Waals surface area contributed by atoms with E-state index in [1.165, 1.54) is 43.5 Å². The number of hydrogen-bond acceptors (Lipinski definition) is 3. The topological polar surface area (TPSA) is 28.2 Å². The average molecular weight is 275 g/mol. The second-order valence-electron chi connectivity index (χ2n) is 6.16. The molecule has 0 bridgehead atoms. The highest BCUT2D eigenvalue weighted by Crippen LogP contribution is 2.24. The molecule has 0 spiro atoms. The molecule has 0 aromatic carbocycles. The van der Waals surface area contributed by atoms with Crippen LogP contribution in [0.2, 0.25) is 0 Å². The van der Waals surface area contributed by atoms with Crippen LogP contribution in [0.4, 0.5) is 5.82 Å². The Kier molecular flexibility index (Phi) is 5.84. The first-order valence-electron chi connectivity index (χ1n) is 8.15. The van der Waals surface area contributed by atoms with Crippen LogP contribution in [0.25, 0.3) is 0 Å². The van der Waals surface area contributed by atoms with Gasteiger partial charge in [-0.1, -0.05) is 33.6 Å². The summed E-state index contributed by atoms with van der Waals surface area (Å²) in [6, 6.07) is 5.58. The fourth-order valence-corrected chi connectivity index (χ4v) is 2.95.